The van der Waals surface area contributed by atoms with Crippen molar-refractivity contribution in [3.63, 3.8) is 0 Å². The lowest BCUT2D eigenvalue weighted by Crippen LogP contribution is -2.06. The van der Waals surface area contributed by atoms with Crippen molar-refractivity contribution in [3.8, 4) is 5.75 Å². The number of nitrogens with one attached hydrogen (secondary N) is 2. The molecule has 0 saturated heterocycles. The van der Waals surface area contributed by atoms with Gasteiger partial charge in [-0.3, -0.25) is 5.10 Å². The van der Waals surface area contributed by atoms with Gasteiger partial charge in [0.1, 0.15) is 11.4 Å². The average molecular weight is 418 g/mol. The topological polar surface area (TPSA) is 62.3 Å². The zero-order chi connectivity index (χ0) is 17.6. The summed E-state index contributed by atoms with van der Waals surface area (Å²) in [5.74, 6) is 1.39. The molecule has 2 N–H and O–H groups in total. The molecule has 0 radical (unpaired) electrons. The third-order valence-electron chi connectivity index (χ3n) is 4.07. The monoisotopic (exact) mass is 416 g/mol. The first-order chi connectivity index (χ1) is 12.1. The van der Waals surface area contributed by atoms with E-state index in [9.17, 15) is 0 Å². The molecule has 1 aliphatic heterocycles. The number of halogens is 2. The molecule has 0 saturated carbocycles. The van der Waals surface area contributed by atoms with Gasteiger partial charge in [0, 0.05) is 22.2 Å². The molecular weight excluding hydrogens is 404 g/mol. The summed E-state index contributed by atoms with van der Waals surface area (Å²) in [5, 5.41) is 11.3. The summed E-state index contributed by atoms with van der Waals surface area (Å²) in [6, 6.07) is 11.6. The number of fused-ring (bicyclic) bond motifs is 2. The van der Waals surface area contributed by atoms with Crippen LogP contribution in [0, 0.1) is 6.92 Å². The second-order valence-corrected chi connectivity index (χ2v) is 6.90. The van der Waals surface area contributed by atoms with Gasteiger partial charge in [-0.2, -0.15) is 5.10 Å². The molecule has 126 valence electrons. The third-order valence-corrected chi connectivity index (χ3v) is 5.02. The summed E-state index contributed by atoms with van der Waals surface area (Å²) < 4.78 is 6.27. The maximum Gasteiger partial charge on any atom is 0.178 e. The van der Waals surface area contributed by atoms with Crippen molar-refractivity contribution in [2.24, 2.45) is 4.99 Å². The lowest BCUT2D eigenvalue weighted by molar-refractivity contribution is 0.412. The van der Waals surface area contributed by atoms with E-state index < -0.39 is 0 Å². The van der Waals surface area contributed by atoms with E-state index in [0.29, 0.717) is 10.8 Å². The van der Waals surface area contributed by atoms with Crippen LogP contribution in [0.25, 0.3) is 0 Å². The van der Waals surface area contributed by atoms with Crippen molar-refractivity contribution in [2.75, 3.05) is 12.4 Å². The van der Waals surface area contributed by atoms with Crippen LogP contribution in [-0.4, -0.2) is 23.0 Å². The van der Waals surface area contributed by atoms with Crippen molar-refractivity contribution < 1.29 is 4.74 Å². The Morgan fingerprint density at radius 2 is 1.96 bits per heavy atom. The normalized spacial score (nSPS) is 12.6. The molecule has 1 aromatic heterocycles. The number of benzene rings is 2. The zero-order valence-corrected chi connectivity index (χ0v) is 15.9. The van der Waals surface area contributed by atoms with Crippen LogP contribution in [0.4, 0.5) is 17.2 Å². The van der Waals surface area contributed by atoms with Gasteiger partial charge in [-0.05, 0) is 35.0 Å². The fourth-order valence-corrected chi connectivity index (χ4v) is 3.55. The quantitative estimate of drug-likeness (QED) is 0.461. The molecule has 0 unspecified atom stereocenters. The van der Waals surface area contributed by atoms with Crippen LogP contribution in [0.5, 0.6) is 5.75 Å². The minimum Gasteiger partial charge on any atom is -0.495 e. The fourth-order valence-electron chi connectivity index (χ4n) is 2.81. The Balaban J connectivity index is 2.04. The minimum atomic E-state index is 0.642. The van der Waals surface area contributed by atoms with Gasteiger partial charge in [-0.25, -0.2) is 4.99 Å². The predicted molar refractivity (Wildman–Crippen MR) is 104 cm³/mol. The first-order valence-electron chi connectivity index (χ1n) is 7.62. The Hall–Kier alpha value is -2.31. The van der Waals surface area contributed by atoms with E-state index in [1.807, 2.05) is 43.3 Å². The molecule has 0 fully saturated rings. The fraction of sp³-hybridized carbons (Fsp3) is 0.111. The predicted octanol–water partition coefficient (Wildman–Crippen LogP) is 5.37. The minimum absolute atomic E-state index is 0.642. The number of nitrogens with zero attached hydrogens (tertiary/aromatic N) is 2. The lowest BCUT2D eigenvalue weighted by Gasteiger charge is -2.14. The molecule has 25 heavy (non-hydrogen) atoms. The molecule has 2 aromatic carbocycles. The third kappa shape index (κ3) is 2.71. The Morgan fingerprint density at radius 3 is 2.72 bits per heavy atom. The second-order valence-electron chi connectivity index (χ2n) is 5.64. The number of aromatic amines is 1. The zero-order valence-electron chi connectivity index (χ0n) is 13.5. The van der Waals surface area contributed by atoms with E-state index in [4.69, 9.17) is 21.3 Å². The average Bonchev–Trinajstić information content (AvgIpc) is 2.86. The van der Waals surface area contributed by atoms with E-state index in [-0.39, 0.29) is 0 Å². The number of rotatable bonds is 2. The van der Waals surface area contributed by atoms with Crippen LogP contribution < -0.4 is 10.1 Å². The summed E-state index contributed by atoms with van der Waals surface area (Å²) in [7, 11) is 1.64. The number of methoxy groups -OCH3 is 1. The Labute approximate surface area is 158 Å². The first-order valence-corrected chi connectivity index (χ1v) is 8.79. The number of anilines is 2. The Kier molecular flexibility index (Phi) is 4.01. The van der Waals surface area contributed by atoms with Crippen LogP contribution >= 0.6 is 27.5 Å². The number of aryl methyl sites for hydroxylation is 1. The van der Waals surface area contributed by atoms with E-state index >= 15 is 0 Å². The molecule has 3 aromatic rings. The van der Waals surface area contributed by atoms with Crippen LogP contribution in [0.15, 0.2) is 45.9 Å². The molecule has 1 aliphatic rings. The highest BCUT2D eigenvalue weighted by Gasteiger charge is 2.23. The van der Waals surface area contributed by atoms with Crippen molar-refractivity contribution in [1.82, 2.24) is 10.2 Å². The molecule has 0 atom stereocenters. The highest BCUT2D eigenvalue weighted by molar-refractivity contribution is 9.10. The van der Waals surface area contributed by atoms with Crippen LogP contribution in [0.3, 0.4) is 0 Å². The standard InChI is InChI=1S/C18H14BrClN4O/c1-9-16-18(24-23-9)21-14-8-15(25-2)12(19)7-11(14)17(22-16)10-5-3-4-6-13(10)20/h3-8H,1-2H3,(H2,21,23,24). The highest BCUT2D eigenvalue weighted by Crippen LogP contribution is 2.40. The largest absolute Gasteiger partial charge is 0.495 e. The SMILES string of the molecule is COc1cc2c(cc1Br)C(c1ccccc1Cl)=Nc1c(n[nH]c1C)N2. The number of H-pyrrole nitrogens is 1. The van der Waals surface area contributed by atoms with Gasteiger partial charge in [-0.15, -0.1) is 0 Å². The summed E-state index contributed by atoms with van der Waals surface area (Å²) in [6.45, 7) is 1.94. The van der Waals surface area contributed by atoms with Gasteiger partial charge < -0.3 is 10.1 Å². The number of aromatic nitrogens is 2. The summed E-state index contributed by atoms with van der Waals surface area (Å²) in [4.78, 5) is 4.88. The number of hydrogen-bond donors (Lipinski definition) is 2. The van der Waals surface area contributed by atoms with Crippen molar-refractivity contribution in [1.29, 1.82) is 0 Å². The number of ether oxygens (including phenoxy) is 1. The molecule has 0 bridgehead atoms. The van der Waals surface area contributed by atoms with Gasteiger partial charge in [0.05, 0.1) is 28.7 Å². The van der Waals surface area contributed by atoms with E-state index in [1.54, 1.807) is 7.11 Å². The molecule has 2 heterocycles. The second kappa shape index (κ2) is 6.20. The Morgan fingerprint density at radius 1 is 1.16 bits per heavy atom. The molecule has 0 amide bonds. The number of hydrogen-bond acceptors (Lipinski definition) is 4. The van der Waals surface area contributed by atoms with Crippen molar-refractivity contribution in [3.05, 3.63) is 62.7 Å². The highest BCUT2D eigenvalue weighted by atomic mass is 79.9. The maximum absolute atomic E-state index is 6.46. The van der Waals surface area contributed by atoms with Crippen LogP contribution in [0.1, 0.15) is 16.8 Å². The molecule has 5 nitrogen and oxygen atoms in total. The van der Waals surface area contributed by atoms with Gasteiger partial charge in [0.2, 0.25) is 0 Å². The molecule has 0 spiro atoms. The summed E-state index contributed by atoms with van der Waals surface area (Å²) in [6.07, 6.45) is 0. The molecule has 4 rings (SSSR count). The van der Waals surface area contributed by atoms with Gasteiger partial charge >= 0.3 is 0 Å². The summed E-state index contributed by atoms with van der Waals surface area (Å²) >= 11 is 10.0. The van der Waals surface area contributed by atoms with Crippen molar-refractivity contribution >= 4 is 50.4 Å². The van der Waals surface area contributed by atoms with Gasteiger partial charge in [0.25, 0.3) is 0 Å². The van der Waals surface area contributed by atoms with E-state index in [1.165, 1.54) is 0 Å². The molecule has 0 aliphatic carbocycles. The Bertz CT molecular complexity index is 1010. The van der Waals surface area contributed by atoms with Crippen LogP contribution in [0.2, 0.25) is 5.02 Å². The van der Waals surface area contributed by atoms with Crippen molar-refractivity contribution in [2.45, 2.75) is 6.92 Å². The number of aliphatic imine (C=N–C) groups is 1. The molecular formula is C18H14BrClN4O. The van der Waals surface area contributed by atoms with E-state index in [2.05, 4.69) is 31.4 Å². The molecule has 7 heteroatoms. The maximum atomic E-state index is 6.46. The van der Waals surface area contributed by atoms with Gasteiger partial charge in [0.15, 0.2) is 5.82 Å². The smallest absolute Gasteiger partial charge is 0.178 e. The first kappa shape index (κ1) is 16.2. The van der Waals surface area contributed by atoms with E-state index in [0.717, 1.165) is 44.1 Å². The lowest BCUT2D eigenvalue weighted by atomic mass is 10.00. The van der Waals surface area contributed by atoms with Crippen LogP contribution in [-0.2, 0) is 0 Å². The summed E-state index contributed by atoms with van der Waals surface area (Å²) in [5.41, 5.74) is 5.05. The van der Waals surface area contributed by atoms with Gasteiger partial charge in [-0.1, -0.05) is 29.8 Å².